The van der Waals surface area contributed by atoms with E-state index < -0.39 is 5.97 Å². The van der Waals surface area contributed by atoms with E-state index in [4.69, 9.17) is 5.11 Å². The van der Waals surface area contributed by atoms with Crippen LogP contribution in [0.3, 0.4) is 0 Å². The number of aromatic nitrogens is 1. The Labute approximate surface area is 211 Å². The molecule has 184 valence electrons. The summed E-state index contributed by atoms with van der Waals surface area (Å²) < 4.78 is 0. The lowest BCUT2D eigenvalue weighted by Crippen LogP contribution is -2.29. The Morgan fingerprint density at radius 2 is 1.89 bits per heavy atom. The molecule has 0 aliphatic heterocycles. The highest BCUT2D eigenvalue weighted by atomic mass is 32.1. The van der Waals surface area contributed by atoms with Crippen LogP contribution in [0.15, 0.2) is 54.7 Å². The summed E-state index contributed by atoms with van der Waals surface area (Å²) in [6, 6.07) is 16.7. The molecule has 1 amide bonds. The molecule has 6 nitrogen and oxygen atoms in total. The Balaban J connectivity index is 1.54. The number of aliphatic carboxylic acids is 1. The molecule has 7 heteroatoms. The third-order valence-electron chi connectivity index (χ3n) is 6.78. The molecule has 3 aromatic rings. The lowest BCUT2D eigenvalue weighted by Gasteiger charge is -2.32. The summed E-state index contributed by atoms with van der Waals surface area (Å²) in [5, 5.41) is 12.6. The van der Waals surface area contributed by atoms with Crippen LogP contribution in [0, 0.1) is 12.8 Å². The van der Waals surface area contributed by atoms with Crippen LogP contribution in [0.25, 0.3) is 10.4 Å². The number of pyridine rings is 1. The number of nitrogens with zero attached hydrogens (tertiary/aromatic N) is 2. The zero-order valence-electron chi connectivity index (χ0n) is 20.4. The Morgan fingerprint density at radius 3 is 2.54 bits per heavy atom. The van der Waals surface area contributed by atoms with Crippen molar-refractivity contribution in [2.75, 3.05) is 18.9 Å². The van der Waals surface area contributed by atoms with E-state index in [1.807, 2.05) is 23.5 Å². The molecule has 0 radical (unpaired) electrons. The van der Waals surface area contributed by atoms with Crippen LogP contribution >= 0.6 is 11.3 Å². The maximum Gasteiger partial charge on any atom is 0.305 e. The normalized spacial score (nSPS) is 14.9. The molecular formula is C28H33N3O3S. The minimum absolute atomic E-state index is 0.0874. The summed E-state index contributed by atoms with van der Waals surface area (Å²) in [7, 11) is 1.60. The number of carboxylic acids is 1. The number of benzene rings is 1. The van der Waals surface area contributed by atoms with E-state index in [2.05, 4.69) is 47.6 Å². The van der Waals surface area contributed by atoms with Gasteiger partial charge in [0.25, 0.3) is 5.91 Å². The fraction of sp³-hybridized carbons (Fsp3) is 0.393. The average molecular weight is 492 g/mol. The van der Waals surface area contributed by atoms with Gasteiger partial charge in [0.1, 0.15) is 5.69 Å². The van der Waals surface area contributed by atoms with Crippen LogP contribution < -0.4 is 5.32 Å². The summed E-state index contributed by atoms with van der Waals surface area (Å²) in [5.41, 5.74) is 3.79. The van der Waals surface area contributed by atoms with E-state index in [0.717, 1.165) is 5.69 Å². The molecule has 0 bridgehead atoms. The lowest BCUT2D eigenvalue weighted by atomic mass is 9.81. The van der Waals surface area contributed by atoms with Crippen molar-refractivity contribution in [1.29, 1.82) is 0 Å². The van der Waals surface area contributed by atoms with Crippen molar-refractivity contribution in [2.24, 2.45) is 5.92 Å². The highest BCUT2D eigenvalue weighted by molar-refractivity contribution is 7.15. The fourth-order valence-electron chi connectivity index (χ4n) is 4.81. The fourth-order valence-corrected chi connectivity index (χ4v) is 5.89. The average Bonchev–Trinajstić information content (AvgIpc) is 3.28. The van der Waals surface area contributed by atoms with Gasteiger partial charge in [0.2, 0.25) is 0 Å². The Kier molecular flexibility index (Phi) is 8.18. The first kappa shape index (κ1) is 24.9. The largest absolute Gasteiger partial charge is 0.481 e. The summed E-state index contributed by atoms with van der Waals surface area (Å²) in [6.45, 7) is 2.36. The SMILES string of the molecule is Cc1sc(-c2ccccc2)cc1C(Nc1ccc(C(=O)N(C)CCC(=O)O)nc1)C1CCCCC1. The maximum absolute atomic E-state index is 12.6. The molecule has 1 aliphatic rings. The van der Waals surface area contributed by atoms with E-state index in [-0.39, 0.29) is 24.9 Å². The van der Waals surface area contributed by atoms with Crippen molar-refractivity contribution < 1.29 is 14.7 Å². The Hall–Kier alpha value is -3.19. The molecule has 1 saturated carbocycles. The van der Waals surface area contributed by atoms with Gasteiger partial charge in [-0.25, -0.2) is 4.98 Å². The van der Waals surface area contributed by atoms with Gasteiger partial charge in [-0.3, -0.25) is 9.59 Å². The lowest BCUT2D eigenvalue weighted by molar-refractivity contribution is -0.137. The molecule has 1 unspecified atom stereocenters. The number of carboxylic acid groups (broad SMARTS) is 1. The number of nitrogens with one attached hydrogen (secondary N) is 1. The number of thiophene rings is 1. The van der Waals surface area contributed by atoms with E-state index >= 15 is 0 Å². The highest BCUT2D eigenvalue weighted by Gasteiger charge is 2.28. The first-order valence-electron chi connectivity index (χ1n) is 12.3. The van der Waals surface area contributed by atoms with Crippen LogP contribution in [-0.2, 0) is 4.79 Å². The van der Waals surface area contributed by atoms with Crippen molar-refractivity contribution in [3.05, 3.63) is 70.9 Å². The van der Waals surface area contributed by atoms with Gasteiger partial charge in [0, 0.05) is 23.3 Å². The number of aryl methyl sites for hydroxylation is 1. The molecule has 2 heterocycles. The van der Waals surface area contributed by atoms with Gasteiger partial charge >= 0.3 is 5.97 Å². The second-order valence-corrected chi connectivity index (χ2v) is 10.6. The first-order valence-corrected chi connectivity index (χ1v) is 13.1. The third-order valence-corrected chi connectivity index (χ3v) is 7.90. The maximum atomic E-state index is 12.6. The second kappa shape index (κ2) is 11.5. The monoisotopic (exact) mass is 491 g/mol. The number of rotatable bonds is 9. The molecule has 35 heavy (non-hydrogen) atoms. The number of amides is 1. The molecule has 2 aromatic heterocycles. The standard InChI is InChI=1S/C28H33N3O3S/c1-19-23(17-25(35-19)20-9-5-3-6-10-20)27(21-11-7-4-8-12-21)30-22-13-14-24(29-18-22)28(34)31(2)16-15-26(32)33/h3,5-6,9-10,13-14,17-18,21,27,30H,4,7-8,11-12,15-16H2,1-2H3,(H,32,33). The number of carbonyl (C=O) groups is 2. The Bertz CT molecular complexity index is 1140. The predicted octanol–water partition coefficient (Wildman–Crippen LogP) is 6.40. The first-order chi connectivity index (χ1) is 16.9. The van der Waals surface area contributed by atoms with Gasteiger partial charge < -0.3 is 15.3 Å². The third kappa shape index (κ3) is 6.28. The molecule has 0 spiro atoms. The van der Waals surface area contributed by atoms with Crippen LogP contribution in [0.5, 0.6) is 0 Å². The van der Waals surface area contributed by atoms with Gasteiger partial charge in [-0.05, 0) is 55.0 Å². The topological polar surface area (TPSA) is 82.5 Å². The van der Waals surface area contributed by atoms with Gasteiger partial charge in [0.15, 0.2) is 0 Å². The van der Waals surface area contributed by atoms with Crippen LogP contribution in [0.4, 0.5) is 5.69 Å². The van der Waals surface area contributed by atoms with Crippen molar-refractivity contribution in [3.8, 4) is 10.4 Å². The van der Waals surface area contributed by atoms with Crippen molar-refractivity contribution in [1.82, 2.24) is 9.88 Å². The number of anilines is 1. The molecule has 4 rings (SSSR count). The van der Waals surface area contributed by atoms with Crippen molar-refractivity contribution in [3.63, 3.8) is 0 Å². The zero-order valence-corrected chi connectivity index (χ0v) is 21.2. The summed E-state index contributed by atoms with van der Waals surface area (Å²) in [5.74, 6) is -0.656. The van der Waals surface area contributed by atoms with Gasteiger partial charge in [-0.1, -0.05) is 49.6 Å². The Morgan fingerprint density at radius 1 is 1.14 bits per heavy atom. The van der Waals surface area contributed by atoms with E-state index in [9.17, 15) is 9.59 Å². The number of hydrogen-bond donors (Lipinski definition) is 2. The molecule has 1 aromatic carbocycles. The molecule has 1 fully saturated rings. The van der Waals surface area contributed by atoms with Gasteiger partial charge in [-0.15, -0.1) is 11.3 Å². The molecule has 1 atom stereocenters. The molecule has 1 aliphatic carbocycles. The number of hydrogen-bond acceptors (Lipinski definition) is 5. The number of carbonyl (C=O) groups excluding carboxylic acids is 1. The summed E-state index contributed by atoms with van der Waals surface area (Å²) in [4.78, 5) is 31.8. The molecule has 2 N–H and O–H groups in total. The van der Waals surface area contributed by atoms with Crippen molar-refractivity contribution in [2.45, 2.75) is 51.5 Å². The predicted molar refractivity (Wildman–Crippen MR) is 141 cm³/mol. The van der Waals surface area contributed by atoms with E-state index in [0.29, 0.717) is 11.6 Å². The molecule has 0 saturated heterocycles. The van der Waals surface area contributed by atoms with Crippen LogP contribution in [0.1, 0.15) is 65.5 Å². The highest BCUT2D eigenvalue weighted by Crippen LogP contribution is 2.42. The zero-order chi connectivity index (χ0) is 24.8. The van der Waals surface area contributed by atoms with E-state index in [1.165, 1.54) is 57.9 Å². The summed E-state index contributed by atoms with van der Waals surface area (Å²) in [6.07, 6.45) is 7.84. The quantitative estimate of drug-likeness (QED) is 0.362. The minimum Gasteiger partial charge on any atom is -0.481 e. The smallest absolute Gasteiger partial charge is 0.305 e. The molecular weight excluding hydrogens is 458 g/mol. The van der Waals surface area contributed by atoms with Crippen molar-refractivity contribution >= 4 is 28.9 Å². The minimum atomic E-state index is -0.926. The van der Waals surface area contributed by atoms with E-state index in [1.54, 1.807) is 19.3 Å². The van der Waals surface area contributed by atoms with Crippen LogP contribution in [0.2, 0.25) is 0 Å². The van der Waals surface area contributed by atoms with Crippen LogP contribution in [-0.4, -0.2) is 40.5 Å². The second-order valence-electron chi connectivity index (χ2n) is 9.31. The van der Waals surface area contributed by atoms with Gasteiger partial charge in [0.05, 0.1) is 24.3 Å². The summed E-state index contributed by atoms with van der Waals surface area (Å²) >= 11 is 1.84. The van der Waals surface area contributed by atoms with Gasteiger partial charge in [-0.2, -0.15) is 0 Å².